The Kier molecular flexibility index (Phi) is 7.03. The van der Waals surface area contributed by atoms with Crippen molar-refractivity contribution in [2.24, 2.45) is 0 Å². The Morgan fingerprint density at radius 2 is 1.02 bits per heavy atom. The molecule has 0 aliphatic rings. The fraction of sp³-hybridized carbons (Fsp3) is 0. The van der Waals surface area contributed by atoms with Crippen LogP contribution >= 0.6 is 11.3 Å². The number of hydrogen-bond donors (Lipinski definition) is 0. The number of thiophene rings is 1. The van der Waals surface area contributed by atoms with E-state index >= 15 is 0 Å². The molecule has 0 aliphatic carbocycles. The van der Waals surface area contributed by atoms with Crippen molar-refractivity contribution in [1.82, 2.24) is 19.5 Å². The third kappa shape index (κ3) is 5.12. The molecule has 4 aromatic heterocycles. The number of hydrogen-bond acceptors (Lipinski definition) is 5. The minimum atomic E-state index is 0.619. The van der Waals surface area contributed by atoms with E-state index in [1.54, 1.807) is 0 Å². The van der Waals surface area contributed by atoms with Gasteiger partial charge in [0.2, 0.25) is 0 Å². The maximum atomic E-state index is 6.13. The molecule has 0 saturated carbocycles. The number of benzene rings is 8. The first-order valence-electron chi connectivity index (χ1n) is 19.0. The summed E-state index contributed by atoms with van der Waals surface area (Å²) in [5.74, 6) is 1.89. The predicted octanol–water partition coefficient (Wildman–Crippen LogP) is 13.9. The maximum absolute atomic E-state index is 6.13. The van der Waals surface area contributed by atoms with E-state index < -0.39 is 0 Å². The lowest BCUT2D eigenvalue weighted by Gasteiger charge is -2.09. The van der Waals surface area contributed by atoms with Gasteiger partial charge in [-0.3, -0.25) is 0 Å². The molecule has 5 nitrogen and oxygen atoms in total. The quantitative estimate of drug-likeness (QED) is 0.176. The van der Waals surface area contributed by atoms with E-state index in [2.05, 4.69) is 126 Å². The van der Waals surface area contributed by atoms with E-state index in [-0.39, 0.29) is 0 Å². The Bertz CT molecular complexity index is 3530. The van der Waals surface area contributed by atoms with E-state index in [0.29, 0.717) is 17.5 Å². The highest BCUT2D eigenvalue weighted by molar-refractivity contribution is 7.25. The van der Waals surface area contributed by atoms with Crippen LogP contribution in [0.5, 0.6) is 0 Å². The number of para-hydroxylation sites is 3. The van der Waals surface area contributed by atoms with Crippen LogP contribution in [0, 0.1) is 0 Å². The number of rotatable bonds is 5. The summed E-state index contributed by atoms with van der Waals surface area (Å²) in [5.41, 5.74) is 10.5. The fourth-order valence-electron chi connectivity index (χ4n) is 8.41. The molecule has 8 aromatic carbocycles. The third-order valence-corrected chi connectivity index (χ3v) is 12.2. The van der Waals surface area contributed by atoms with Crippen molar-refractivity contribution in [2.75, 3.05) is 0 Å². The molecular weight excluding hydrogens is 717 g/mol. The van der Waals surface area contributed by atoms with Gasteiger partial charge in [0.05, 0.1) is 11.0 Å². The molecule has 0 fully saturated rings. The Labute approximate surface area is 330 Å². The maximum Gasteiger partial charge on any atom is 0.164 e. The molecule has 57 heavy (non-hydrogen) atoms. The highest BCUT2D eigenvalue weighted by atomic mass is 32.1. The van der Waals surface area contributed by atoms with Gasteiger partial charge in [-0.25, -0.2) is 15.0 Å². The third-order valence-electron chi connectivity index (χ3n) is 11.1. The largest absolute Gasteiger partial charge is 0.456 e. The first kappa shape index (κ1) is 31.9. The molecule has 0 radical (unpaired) electrons. The summed E-state index contributed by atoms with van der Waals surface area (Å²) < 4.78 is 11.0. The van der Waals surface area contributed by atoms with Crippen molar-refractivity contribution in [3.63, 3.8) is 0 Å². The zero-order valence-corrected chi connectivity index (χ0v) is 31.2. The van der Waals surface area contributed by atoms with Crippen LogP contribution in [0.15, 0.2) is 186 Å². The topological polar surface area (TPSA) is 56.7 Å². The normalized spacial score (nSPS) is 11.9. The average molecular weight is 747 g/mol. The van der Waals surface area contributed by atoms with E-state index in [9.17, 15) is 0 Å². The summed E-state index contributed by atoms with van der Waals surface area (Å²) in [7, 11) is 0. The Morgan fingerprint density at radius 1 is 0.386 bits per heavy atom. The minimum Gasteiger partial charge on any atom is -0.456 e. The average Bonchev–Trinajstić information content (AvgIpc) is 3.95. The van der Waals surface area contributed by atoms with E-state index in [4.69, 9.17) is 19.4 Å². The summed E-state index contributed by atoms with van der Waals surface area (Å²) in [6, 6.07) is 63.9. The van der Waals surface area contributed by atoms with Crippen LogP contribution in [0.3, 0.4) is 0 Å². The number of aromatic nitrogens is 4. The first-order valence-corrected chi connectivity index (χ1v) is 19.8. The van der Waals surface area contributed by atoms with Crippen LogP contribution in [0.25, 0.3) is 115 Å². The summed E-state index contributed by atoms with van der Waals surface area (Å²) in [4.78, 5) is 15.2. The molecule has 0 amide bonds. The molecule has 6 heteroatoms. The first-order chi connectivity index (χ1) is 28.2. The second-order valence-corrected chi connectivity index (χ2v) is 15.5. The van der Waals surface area contributed by atoms with Gasteiger partial charge in [0.25, 0.3) is 0 Å². The summed E-state index contributed by atoms with van der Waals surface area (Å²) in [5, 5.41) is 7.02. The van der Waals surface area contributed by atoms with Crippen molar-refractivity contribution < 1.29 is 4.42 Å². The Hall–Kier alpha value is -7.41. The molecule has 0 atom stereocenters. The summed E-state index contributed by atoms with van der Waals surface area (Å²) >= 11 is 1.82. The molecule has 0 saturated heterocycles. The van der Waals surface area contributed by atoms with Gasteiger partial charge in [-0.15, -0.1) is 11.3 Å². The van der Waals surface area contributed by atoms with Crippen molar-refractivity contribution in [2.45, 2.75) is 0 Å². The molecular formula is C51H30N4OS. The van der Waals surface area contributed by atoms with Crippen LogP contribution in [0.4, 0.5) is 0 Å². The van der Waals surface area contributed by atoms with Crippen molar-refractivity contribution in [3.8, 4) is 51.0 Å². The monoisotopic (exact) mass is 746 g/mol. The van der Waals surface area contributed by atoms with Gasteiger partial charge in [0.1, 0.15) is 11.2 Å². The van der Waals surface area contributed by atoms with Crippen molar-refractivity contribution in [3.05, 3.63) is 182 Å². The number of nitrogens with zero attached hydrogens (tertiary/aromatic N) is 4. The summed E-state index contributed by atoms with van der Waals surface area (Å²) in [6.07, 6.45) is 0. The fourth-order valence-corrected chi connectivity index (χ4v) is 9.54. The Balaban J connectivity index is 0.994. The van der Waals surface area contributed by atoms with Crippen LogP contribution in [-0.4, -0.2) is 19.5 Å². The Morgan fingerprint density at radius 3 is 1.84 bits per heavy atom. The molecule has 12 rings (SSSR count). The van der Waals surface area contributed by atoms with E-state index in [1.807, 2.05) is 72.0 Å². The van der Waals surface area contributed by atoms with E-state index in [1.165, 1.54) is 53.1 Å². The van der Waals surface area contributed by atoms with E-state index in [0.717, 1.165) is 44.3 Å². The van der Waals surface area contributed by atoms with Crippen LogP contribution in [0.1, 0.15) is 0 Å². The highest BCUT2D eigenvalue weighted by Gasteiger charge is 2.19. The molecule has 4 heterocycles. The van der Waals surface area contributed by atoms with Gasteiger partial charge in [-0.1, -0.05) is 109 Å². The molecule has 0 unspecified atom stereocenters. The lowest BCUT2D eigenvalue weighted by atomic mass is 9.98. The zero-order valence-electron chi connectivity index (χ0n) is 30.4. The predicted molar refractivity (Wildman–Crippen MR) is 236 cm³/mol. The molecule has 0 bridgehead atoms. The second-order valence-electron chi connectivity index (χ2n) is 14.4. The molecule has 0 aliphatic heterocycles. The second kappa shape index (κ2) is 12.6. The smallest absolute Gasteiger partial charge is 0.164 e. The SMILES string of the molecule is c1ccc(-c2nc(-c3ccc4oc5ccccc5c4c3)nc(-c3ccc4sc5cc(-c6cccc7c6c6ccccc6n7-c6ccccc6)ccc5c4c3)n2)cc1. The lowest BCUT2D eigenvalue weighted by Crippen LogP contribution is -2.00. The molecule has 0 N–H and O–H groups in total. The van der Waals surface area contributed by atoms with Gasteiger partial charge in [0, 0.05) is 64.1 Å². The van der Waals surface area contributed by atoms with Crippen LogP contribution in [0.2, 0.25) is 0 Å². The lowest BCUT2D eigenvalue weighted by molar-refractivity contribution is 0.669. The standard InChI is InChI=1S/C51H30N4OS/c1-3-12-31(13-4-1)49-52-50(33-23-26-45-40(28-33)37-16-8-10-21-44(37)56-45)54-51(53-49)34-24-27-46-41(29-34)38-25-22-32(30-47(38)57-46)36-18-11-20-43-48(36)39-17-7-9-19-42(39)55(43)35-14-5-2-6-15-35/h1-30H. The number of fused-ring (bicyclic) bond motifs is 9. The zero-order chi connectivity index (χ0) is 37.5. The van der Waals surface area contributed by atoms with Crippen LogP contribution < -0.4 is 0 Å². The molecule has 12 aromatic rings. The van der Waals surface area contributed by atoms with Crippen molar-refractivity contribution in [1.29, 1.82) is 0 Å². The van der Waals surface area contributed by atoms with Crippen LogP contribution in [-0.2, 0) is 0 Å². The molecule has 0 spiro atoms. The van der Waals surface area contributed by atoms with Crippen molar-refractivity contribution >= 4 is 75.3 Å². The summed E-state index contributed by atoms with van der Waals surface area (Å²) in [6.45, 7) is 0. The number of furan rings is 1. The van der Waals surface area contributed by atoms with Gasteiger partial charge < -0.3 is 8.98 Å². The highest BCUT2D eigenvalue weighted by Crippen LogP contribution is 2.42. The van der Waals surface area contributed by atoms with Gasteiger partial charge >= 0.3 is 0 Å². The minimum absolute atomic E-state index is 0.619. The van der Waals surface area contributed by atoms with Gasteiger partial charge in [0.15, 0.2) is 17.5 Å². The van der Waals surface area contributed by atoms with Gasteiger partial charge in [-0.2, -0.15) is 0 Å². The van der Waals surface area contributed by atoms with Gasteiger partial charge in [-0.05, 0) is 83.9 Å². The molecule has 266 valence electrons.